The van der Waals surface area contributed by atoms with E-state index in [1.165, 1.54) is 6.92 Å². The largest absolute Gasteiger partial charge is 0.486 e. The second kappa shape index (κ2) is 30.6. The minimum Gasteiger partial charge on any atom is -0.486 e. The van der Waals surface area contributed by atoms with Crippen LogP contribution in [-0.2, 0) is 56.2 Å². The smallest absolute Gasteiger partial charge is 0.408 e. The van der Waals surface area contributed by atoms with Crippen LogP contribution in [0.4, 0.5) is 9.59 Å². The highest BCUT2D eigenvalue weighted by molar-refractivity contribution is 5.96. The molecule has 3 aromatic carbocycles. The quantitative estimate of drug-likeness (QED) is 0.0259. The maximum absolute atomic E-state index is 14.4. The highest BCUT2D eigenvalue weighted by Gasteiger charge is 2.34. The van der Waals surface area contributed by atoms with Gasteiger partial charge in [-0.1, -0.05) is 119 Å². The van der Waals surface area contributed by atoms with Crippen LogP contribution in [0, 0.1) is 11.8 Å². The molecule has 0 bridgehead atoms. The average Bonchev–Trinajstić information content (AvgIpc) is 3.35. The Kier molecular flexibility index (Phi) is 25.1. The van der Waals surface area contributed by atoms with Crippen LogP contribution in [0.1, 0.15) is 111 Å². The monoisotopic (exact) mass is 987 g/mol. The second-order valence-electron chi connectivity index (χ2n) is 18.5. The molecule has 6 amide bonds. The van der Waals surface area contributed by atoms with Gasteiger partial charge in [0.1, 0.15) is 55.3 Å². The van der Waals surface area contributed by atoms with Crippen molar-refractivity contribution in [3.63, 3.8) is 0 Å². The summed E-state index contributed by atoms with van der Waals surface area (Å²) in [6.07, 6.45) is -0.390. The number of hydrogen-bond donors (Lipinski definition) is 6. The Balaban J connectivity index is 1.83. The van der Waals surface area contributed by atoms with Crippen LogP contribution in [-0.4, -0.2) is 96.5 Å². The summed E-state index contributed by atoms with van der Waals surface area (Å²) in [6.45, 7) is 13.6. The zero-order chi connectivity index (χ0) is 52.3. The first-order chi connectivity index (χ1) is 33.8. The van der Waals surface area contributed by atoms with Gasteiger partial charge >= 0.3 is 18.2 Å². The Morgan fingerprint density at radius 3 is 1.65 bits per heavy atom. The van der Waals surface area contributed by atoms with Crippen molar-refractivity contribution < 1.29 is 57.3 Å². The van der Waals surface area contributed by atoms with Gasteiger partial charge in [-0.3, -0.25) is 28.8 Å². The highest BCUT2D eigenvalue weighted by Crippen LogP contribution is 2.15. The molecule has 0 saturated heterocycles. The minimum absolute atomic E-state index is 0.0171. The van der Waals surface area contributed by atoms with Crippen LogP contribution < -0.4 is 36.6 Å². The summed E-state index contributed by atoms with van der Waals surface area (Å²) in [5.41, 5.74) is 0.682. The van der Waals surface area contributed by atoms with Gasteiger partial charge < -0.3 is 50.8 Å². The molecule has 0 aliphatic carbocycles. The molecular formula is C53H74N6O12. The summed E-state index contributed by atoms with van der Waals surface area (Å²) in [6, 6.07) is 20.9. The van der Waals surface area contributed by atoms with Crippen molar-refractivity contribution in [2.24, 2.45) is 11.8 Å². The molecule has 0 fully saturated rings. The van der Waals surface area contributed by atoms with Gasteiger partial charge in [-0.15, -0.1) is 0 Å². The molecule has 3 aromatic rings. The molecule has 0 aliphatic heterocycles. The number of benzene rings is 3. The number of alkyl carbamates (subject to hydrolysis) is 2. The molecule has 0 spiro atoms. The molecule has 2 unspecified atom stereocenters. The first-order valence-electron chi connectivity index (χ1n) is 24.4. The second-order valence-corrected chi connectivity index (χ2v) is 18.5. The van der Waals surface area contributed by atoms with Crippen molar-refractivity contribution in [1.82, 2.24) is 31.9 Å². The number of para-hydroxylation sites is 1. The Morgan fingerprint density at radius 1 is 0.549 bits per heavy atom. The Bertz CT molecular complexity index is 2150. The standard InChI is InChI=1S/C53H74N6O12/c1-9-35(3)45(43(60)34-68-40-26-18-13-19-27-40)58-47(62)37(5)55-48(63)42(29-30-44(61)69-32-38-22-14-11-15-23-38)56-49(64)41(28-20-21-31-54-51(66)70-33-39-24-16-12-17-25-39)57-50(65)46(36(4)10-2)59-52(67)71-53(6,7)8/h11-19,22-27,35-37,41-42,45-46H,9-10,20-21,28-34H2,1-8H3,(H,54,66)(H,55,63)(H,56,64)(H,57,65)(H,58,62)(H,59,67)/t35?,36?,37-,41-,42-,45-,46-/m1/s1. The number of carbonyl (C=O) groups is 8. The molecule has 0 aromatic heterocycles. The van der Waals surface area contributed by atoms with Gasteiger partial charge in [-0.25, -0.2) is 9.59 Å². The summed E-state index contributed by atoms with van der Waals surface area (Å²) >= 11 is 0. The lowest BCUT2D eigenvalue weighted by atomic mass is 9.95. The van der Waals surface area contributed by atoms with E-state index >= 15 is 0 Å². The molecule has 3 rings (SSSR count). The number of hydrogen-bond acceptors (Lipinski definition) is 12. The molecule has 18 nitrogen and oxygen atoms in total. The highest BCUT2D eigenvalue weighted by atomic mass is 16.6. The lowest BCUT2D eigenvalue weighted by molar-refractivity contribution is -0.145. The summed E-state index contributed by atoms with van der Waals surface area (Å²) in [5, 5.41) is 16.1. The van der Waals surface area contributed by atoms with Crippen LogP contribution in [0.25, 0.3) is 0 Å². The normalized spacial score (nSPS) is 14.0. The van der Waals surface area contributed by atoms with Gasteiger partial charge in [0.25, 0.3) is 0 Å². The first kappa shape index (κ1) is 58.3. The third-order valence-electron chi connectivity index (χ3n) is 11.4. The molecule has 0 saturated carbocycles. The van der Waals surface area contributed by atoms with Crippen molar-refractivity contribution in [3.8, 4) is 5.75 Å². The molecule has 7 atom stereocenters. The lowest BCUT2D eigenvalue weighted by Crippen LogP contribution is -2.59. The topological polar surface area (TPSA) is 246 Å². The van der Waals surface area contributed by atoms with E-state index in [4.69, 9.17) is 18.9 Å². The molecule has 0 aliphatic rings. The molecule has 388 valence electrons. The predicted molar refractivity (Wildman–Crippen MR) is 266 cm³/mol. The van der Waals surface area contributed by atoms with Gasteiger partial charge in [0.2, 0.25) is 23.6 Å². The molecule has 0 radical (unpaired) electrons. The van der Waals surface area contributed by atoms with Gasteiger partial charge in [0.05, 0.1) is 6.04 Å². The number of ether oxygens (including phenoxy) is 4. The number of Topliss-reactive ketones (excluding diaryl/α,β-unsaturated/α-hetero) is 1. The van der Waals surface area contributed by atoms with E-state index in [9.17, 15) is 38.4 Å². The van der Waals surface area contributed by atoms with Gasteiger partial charge in [-0.05, 0) is 88.5 Å². The van der Waals surface area contributed by atoms with Crippen LogP contribution >= 0.6 is 0 Å². The zero-order valence-corrected chi connectivity index (χ0v) is 42.4. The molecule has 18 heteroatoms. The maximum atomic E-state index is 14.4. The predicted octanol–water partition coefficient (Wildman–Crippen LogP) is 6.20. The molecular weight excluding hydrogens is 913 g/mol. The van der Waals surface area contributed by atoms with E-state index in [1.807, 2.05) is 63.2 Å². The molecule has 71 heavy (non-hydrogen) atoms. The van der Waals surface area contributed by atoms with Crippen molar-refractivity contribution in [2.45, 2.75) is 149 Å². The van der Waals surface area contributed by atoms with E-state index < -0.39 is 83.5 Å². The van der Waals surface area contributed by atoms with Crippen LogP contribution in [0.5, 0.6) is 5.75 Å². The third-order valence-corrected chi connectivity index (χ3v) is 11.4. The number of ketones is 1. The number of amides is 6. The molecule has 6 N–H and O–H groups in total. The fourth-order valence-electron chi connectivity index (χ4n) is 6.91. The summed E-state index contributed by atoms with van der Waals surface area (Å²) in [4.78, 5) is 108. The van der Waals surface area contributed by atoms with Crippen molar-refractivity contribution in [2.75, 3.05) is 13.2 Å². The Labute approximate surface area is 417 Å². The number of esters is 1. The number of nitrogens with one attached hydrogen (secondary N) is 6. The van der Waals surface area contributed by atoms with Gasteiger partial charge in [0, 0.05) is 13.0 Å². The maximum Gasteiger partial charge on any atom is 0.408 e. The minimum atomic E-state index is -1.43. The molecule has 0 heterocycles. The van der Waals surface area contributed by atoms with Crippen molar-refractivity contribution in [3.05, 3.63) is 102 Å². The summed E-state index contributed by atoms with van der Waals surface area (Å²) < 4.78 is 21.8. The number of rotatable bonds is 29. The van der Waals surface area contributed by atoms with Crippen LogP contribution in [0.3, 0.4) is 0 Å². The van der Waals surface area contributed by atoms with E-state index in [-0.39, 0.29) is 63.7 Å². The third kappa shape index (κ3) is 22.5. The first-order valence-corrected chi connectivity index (χ1v) is 24.4. The fraction of sp³-hybridized carbons (Fsp3) is 0.509. The number of unbranched alkanes of at least 4 members (excludes halogenated alkanes) is 1. The van der Waals surface area contributed by atoms with Crippen LogP contribution in [0.2, 0.25) is 0 Å². The summed E-state index contributed by atoms with van der Waals surface area (Å²) in [5.74, 6) is -4.26. The zero-order valence-electron chi connectivity index (χ0n) is 42.4. The van der Waals surface area contributed by atoms with Crippen molar-refractivity contribution >= 4 is 47.6 Å². The summed E-state index contributed by atoms with van der Waals surface area (Å²) in [7, 11) is 0. The van der Waals surface area contributed by atoms with Gasteiger partial charge in [0.15, 0.2) is 5.78 Å². The average molecular weight is 987 g/mol. The van der Waals surface area contributed by atoms with E-state index in [2.05, 4.69) is 31.9 Å². The Hall–Kier alpha value is -6.98. The fourth-order valence-corrected chi connectivity index (χ4v) is 6.91. The Morgan fingerprint density at radius 2 is 1.07 bits per heavy atom. The van der Waals surface area contributed by atoms with E-state index in [1.54, 1.807) is 76.2 Å². The SMILES string of the molecule is CCC(C)[C@@H](NC(=O)[C@@H](C)NC(=O)[C@@H](CCC(=O)OCc1ccccc1)NC(=O)[C@@H](CCCCNC(=O)OCc1ccccc1)NC(=O)[C@H](NC(=O)OC(C)(C)C)C(C)CC)C(=O)COc1ccccc1. The van der Waals surface area contributed by atoms with Crippen molar-refractivity contribution in [1.29, 1.82) is 0 Å². The van der Waals surface area contributed by atoms with Gasteiger partial charge in [-0.2, -0.15) is 0 Å². The number of carbonyl (C=O) groups excluding carboxylic acids is 8. The van der Waals surface area contributed by atoms with Crippen LogP contribution in [0.15, 0.2) is 91.0 Å². The van der Waals surface area contributed by atoms with E-state index in [0.29, 0.717) is 25.0 Å². The lowest BCUT2D eigenvalue weighted by Gasteiger charge is -2.29. The van der Waals surface area contributed by atoms with E-state index in [0.717, 1.165) is 11.1 Å².